The Hall–Kier alpha value is -0.980. The molecule has 0 amide bonds. The van der Waals surface area contributed by atoms with Crippen LogP contribution < -0.4 is 0 Å². The van der Waals surface area contributed by atoms with Gasteiger partial charge in [-0.2, -0.15) is 18.3 Å². The van der Waals surface area contributed by atoms with E-state index in [-0.39, 0.29) is 21.9 Å². The van der Waals surface area contributed by atoms with Crippen molar-refractivity contribution in [3.63, 3.8) is 0 Å². The molecule has 0 aliphatic heterocycles. The predicted octanol–water partition coefficient (Wildman–Crippen LogP) is 4.89. The third-order valence-corrected chi connectivity index (χ3v) is 3.76. The lowest BCUT2D eigenvalue weighted by molar-refractivity contribution is -0.137. The lowest BCUT2D eigenvalue weighted by Gasteiger charge is -2.09. The standard InChI is InChI=1S/C12H9Cl3F3N3/c1-2-9-7(4-13)10(15)21(20-9)11-8(14)3-6(5-19-11)12(16,17)18/h3,5H,2,4H2,1H3. The average molecular weight is 359 g/mol. The van der Waals surface area contributed by atoms with Crippen LogP contribution in [0, 0.1) is 0 Å². The van der Waals surface area contributed by atoms with E-state index in [1.807, 2.05) is 6.92 Å². The van der Waals surface area contributed by atoms with Crippen molar-refractivity contribution in [1.82, 2.24) is 14.8 Å². The van der Waals surface area contributed by atoms with E-state index in [0.717, 1.165) is 6.07 Å². The molecule has 2 heterocycles. The number of rotatable bonds is 3. The SMILES string of the molecule is CCc1nn(-c2ncc(C(F)(F)F)cc2Cl)c(Cl)c1CCl. The third-order valence-electron chi connectivity index (χ3n) is 2.82. The van der Waals surface area contributed by atoms with Gasteiger partial charge in [-0.05, 0) is 12.5 Å². The Labute approximate surface area is 133 Å². The molecule has 0 aromatic carbocycles. The summed E-state index contributed by atoms with van der Waals surface area (Å²) in [7, 11) is 0. The molecule has 0 radical (unpaired) electrons. The molecule has 0 fully saturated rings. The van der Waals surface area contributed by atoms with Gasteiger partial charge in [0.25, 0.3) is 0 Å². The molecule has 0 N–H and O–H groups in total. The van der Waals surface area contributed by atoms with Crippen LogP contribution in [0.4, 0.5) is 13.2 Å². The van der Waals surface area contributed by atoms with Crippen LogP contribution in [0.25, 0.3) is 5.82 Å². The van der Waals surface area contributed by atoms with Crippen LogP contribution >= 0.6 is 34.8 Å². The molecule has 0 saturated heterocycles. The first-order chi connectivity index (χ1) is 9.79. The fourth-order valence-corrected chi connectivity index (χ4v) is 2.66. The number of aryl methyl sites for hydroxylation is 1. The van der Waals surface area contributed by atoms with Crippen molar-refractivity contribution < 1.29 is 13.2 Å². The van der Waals surface area contributed by atoms with Crippen molar-refractivity contribution in [1.29, 1.82) is 0 Å². The van der Waals surface area contributed by atoms with Crippen LogP contribution in [0.3, 0.4) is 0 Å². The van der Waals surface area contributed by atoms with E-state index in [2.05, 4.69) is 10.1 Å². The molecular formula is C12H9Cl3F3N3. The van der Waals surface area contributed by atoms with Gasteiger partial charge < -0.3 is 0 Å². The van der Waals surface area contributed by atoms with Crippen molar-refractivity contribution in [3.05, 3.63) is 39.3 Å². The Morgan fingerprint density at radius 2 is 1.95 bits per heavy atom. The third kappa shape index (κ3) is 3.12. The molecule has 0 spiro atoms. The van der Waals surface area contributed by atoms with Gasteiger partial charge in [-0.3, -0.25) is 0 Å². The Morgan fingerprint density at radius 3 is 2.38 bits per heavy atom. The van der Waals surface area contributed by atoms with Gasteiger partial charge in [-0.25, -0.2) is 9.67 Å². The summed E-state index contributed by atoms with van der Waals surface area (Å²) in [6, 6.07) is 0.786. The second kappa shape index (κ2) is 6.02. The van der Waals surface area contributed by atoms with Crippen molar-refractivity contribution in [2.45, 2.75) is 25.4 Å². The highest BCUT2D eigenvalue weighted by molar-refractivity contribution is 6.33. The Morgan fingerprint density at radius 1 is 1.29 bits per heavy atom. The zero-order valence-corrected chi connectivity index (χ0v) is 12.9. The van der Waals surface area contributed by atoms with Crippen molar-refractivity contribution in [3.8, 4) is 5.82 Å². The lowest BCUT2D eigenvalue weighted by atomic mass is 10.2. The second-order valence-corrected chi connectivity index (χ2v) is 5.17. The van der Waals surface area contributed by atoms with E-state index in [1.54, 1.807) is 0 Å². The van der Waals surface area contributed by atoms with Gasteiger partial charge in [0.1, 0.15) is 5.15 Å². The molecule has 2 aromatic heterocycles. The molecule has 21 heavy (non-hydrogen) atoms. The van der Waals surface area contributed by atoms with Gasteiger partial charge in [-0.1, -0.05) is 30.1 Å². The highest BCUT2D eigenvalue weighted by Crippen LogP contribution is 2.33. The summed E-state index contributed by atoms with van der Waals surface area (Å²) in [5, 5.41) is 4.19. The lowest BCUT2D eigenvalue weighted by Crippen LogP contribution is -2.08. The van der Waals surface area contributed by atoms with Crippen LogP contribution in [0.2, 0.25) is 10.2 Å². The highest BCUT2D eigenvalue weighted by Gasteiger charge is 2.32. The summed E-state index contributed by atoms with van der Waals surface area (Å²) in [6.45, 7) is 1.86. The van der Waals surface area contributed by atoms with E-state index < -0.39 is 11.7 Å². The smallest absolute Gasteiger partial charge is 0.235 e. The fourth-order valence-electron chi connectivity index (χ4n) is 1.77. The summed E-state index contributed by atoms with van der Waals surface area (Å²) < 4.78 is 39.0. The number of halogens is 6. The van der Waals surface area contributed by atoms with E-state index in [4.69, 9.17) is 34.8 Å². The molecule has 0 aliphatic carbocycles. The Bertz CT molecular complexity index is 668. The molecule has 0 atom stereocenters. The molecule has 9 heteroatoms. The minimum Gasteiger partial charge on any atom is -0.235 e. The minimum atomic E-state index is -4.51. The molecule has 3 nitrogen and oxygen atoms in total. The molecule has 0 bridgehead atoms. The maximum absolute atomic E-state index is 12.6. The fraction of sp³-hybridized carbons (Fsp3) is 0.333. The number of alkyl halides is 4. The molecule has 2 aromatic rings. The van der Waals surface area contributed by atoms with Gasteiger partial charge in [0, 0.05) is 11.8 Å². The minimum absolute atomic E-state index is 0.0285. The van der Waals surface area contributed by atoms with Gasteiger partial charge in [0.05, 0.1) is 22.2 Å². The van der Waals surface area contributed by atoms with E-state index >= 15 is 0 Å². The summed E-state index contributed by atoms with van der Waals surface area (Å²) >= 11 is 17.8. The van der Waals surface area contributed by atoms with Crippen LogP contribution in [0.5, 0.6) is 0 Å². The number of hydrogen-bond donors (Lipinski definition) is 0. The molecular weight excluding hydrogens is 350 g/mol. The first-order valence-corrected chi connectivity index (χ1v) is 7.14. The van der Waals surface area contributed by atoms with Gasteiger partial charge in [0.2, 0.25) is 0 Å². The molecule has 0 aliphatic rings. The number of pyridine rings is 1. The van der Waals surface area contributed by atoms with Gasteiger partial charge in [0.15, 0.2) is 5.82 Å². The topological polar surface area (TPSA) is 30.7 Å². The average Bonchev–Trinajstić information content (AvgIpc) is 2.73. The first kappa shape index (κ1) is 16.4. The van der Waals surface area contributed by atoms with Crippen LogP contribution in [0.1, 0.15) is 23.7 Å². The zero-order chi connectivity index (χ0) is 15.8. The summed E-state index contributed by atoms with van der Waals surface area (Å²) in [6.07, 6.45) is -3.25. The second-order valence-electron chi connectivity index (χ2n) is 4.14. The number of aromatic nitrogens is 3. The Balaban J connectivity index is 2.55. The summed E-state index contributed by atoms with van der Waals surface area (Å²) in [5.74, 6) is 0.168. The van der Waals surface area contributed by atoms with Crippen molar-refractivity contribution in [2.24, 2.45) is 0 Å². The quantitative estimate of drug-likeness (QED) is 0.731. The van der Waals surface area contributed by atoms with Gasteiger partial charge in [-0.15, -0.1) is 11.6 Å². The monoisotopic (exact) mass is 357 g/mol. The van der Waals surface area contributed by atoms with Crippen LogP contribution in [-0.2, 0) is 18.5 Å². The first-order valence-electron chi connectivity index (χ1n) is 5.85. The summed E-state index contributed by atoms with van der Waals surface area (Å²) in [5.41, 5.74) is 0.319. The Kier molecular flexibility index (Phi) is 4.70. The van der Waals surface area contributed by atoms with Gasteiger partial charge >= 0.3 is 6.18 Å². The van der Waals surface area contributed by atoms with E-state index in [9.17, 15) is 13.2 Å². The number of hydrogen-bond acceptors (Lipinski definition) is 2. The number of nitrogens with zero attached hydrogens (tertiary/aromatic N) is 3. The largest absolute Gasteiger partial charge is 0.417 e. The van der Waals surface area contributed by atoms with E-state index in [0.29, 0.717) is 23.9 Å². The van der Waals surface area contributed by atoms with Crippen LogP contribution in [-0.4, -0.2) is 14.8 Å². The highest BCUT2D eigenvalue weighted by atomic mass is 35.5. The van der Waals surface area contributed by atoms with Crippen LogP contribution in [0.15, 0.2) is 12.3 Å². The van der Waals surface area contributed by atoms with Crippen molar-refractivity contribution in [2.75, 3.05) is 0 Å². The molecule has 0 saturated carbocycles. The molecule has 2 rings (SSSR count). The van der Waals surface area contributed by atoms with Crippen molar-refractivity contribution >= 4 is 34.8 Å². The maximum Gasteiger partial charge on any atom is 0.417 e. The molecule has 0 unspecified atom stereocenters. The summed E-state index contributed by atoms with van der Waals surface area (Å²) in [4.78, 5) is 3.72. The predicted molar refractivity (Wildman–Crippen MR) is 75.3 cm³/mol. The molecule has 114 valence electrons. The zero-order valence-electron chi connectivity index (χ0n) is 10.7. The maximum atomic E-state index is 12.6. The normalized spacial score (nSPS) is 12.0. The van der Waals surface area contributed by atoms with E-state index in [1.165, 1.54) is 4.68 Å².